The first-order valence-corrected chi connectivity index (χ1v) is 7.72. The SMILES string of the molecule is C=CCN(C(C)C)S(=O)(=O)c1cc(Cl)cc(N)c1C. The second-order valence-electron chi connectivity index (χ2n) is 4.58. The third-order valence-electron chi connectivity index (χ3n) is 2.84. The van der Waals surface area contributed by atoms with Crippen LogP contribution in [0.2, 0.25) is 5.02 Å². The zero-order valence-corrected chi connectivity index (χ0v) is 12.9. The van der Waals surface area contributed by atoms with Crippen LogP contribution in [0, 0.1) is 6.92 Å². The number of nitrogen functional groups attached to an aromatic ring is 1. The second kappa shape index (κ2) is 5.94. The highest BCUT2D eigenvalue weighted by Gasteiger charge is 2.28. The van der Waals surface area contributed by atoms with E-state index in [2.05, 4.69) is 6.58 Å². The fraction of sp³-hybridized carbons (Fsp3) is 0.385. The van der Waals surface area contributed by atoms with Crippen molar-refractivity contribution in [2.75, 3.05) is 12.3 Å². The van der Waals surface area contributed by atoms with Crippen LogP contribution in [0.25, 0.3) is 0 Å². The van der Waals surface area contributed by atoms with Gasteiger partial charge in [-0.15, -0.1) is 6.58 Å². The maximum Gasteiger partial charge on any atom is 0.243 e. The number of halogens is 1. The highest BCUT2D eigenvalue weighted by molar-refractivity contribution is 7.89. The zero-order valence-electron chi connectivity index (χ0n) is 11.4. The molecule has 0 atom stereocenters. The van der Waals surface area contributed by atoms with Gasteiger partial charge in [0.25, 0.3) is 0 Å². The molecule has 0 fully saturated rings. The van der Waals surface area contributed by atoms with Crippen molar-refractivity contribution in [1.29, 1.82) is 0 Å². The molecule has 4 nitrogen and oxygen atoms in total. The summed E-state index contributed by atoms with van der Waals surface area (Å²) < 4.78 is 26.7. The molecule has 1 aromatic carbocycles. The Labute approximate surface area is 119 Å². The molecule has 0 radical (unpaired) electrons. The first-order valence-electron chi connectivity index (χ1n) is 5.90. The quantitative estimate of drug-likeness (QED) is 0.672. The van der Waals surface area contributed by atoms with E-state index < -0.39 is 10.0 Å². The van der Waals surface area contributed by atoms with E-state index in [0.717, 1.165) is 0 Å². The van der Waals surface area contributed by atoms with E-state index in [1.165, 1.54) is 10.4 Å². The maximum absolute atomic E-state index is 12.7. The van der Waals surface area contributed by atoms with E-state index >= 15 is 0 Å². The minimum absolute atomic E-state index is 0.146. The second-order valence-corrected chi connectivity index (χ2v) is 6.87. The van der Waals surface area contributed by atoms with Crippen molar-refractivity contribution in [2.45, 2.75) is 31.7 Å². The number of hydrogen-bond acceptors (Lipinski definition) is 3. The number of nitrogens with zero attached hydrogens (tertiary/aromatic N) is 1. The van der Waals surface area contributed by atoms with Crippen molar-refractivity contribution in [1.82, 2.24) is 4.31 Å². The van der Waals surface area contributed by atoms with Crippen molar-refractivity contribution < 1.29 is 8.42 Å². The van der Waals surface area contributed by atoms with E-state index in [-0.39, 0.29) is 17.5 Å². The molecular weight excluding hydrogens is 284 g/mol. The predicted octanol–water partition coefficient (Wildman–Crippen LogP) is 2.82. The molecule has 1 aromatic rings. The molecule has 19 heavy (non-hydrogen) atoms. The van der Waals surface area contributed by atoms with Crippen LogP contribution in [0.15, 0.2) is 29.7 Å². The van der Waals surface area contributed by atoms with E-state index in [1.54, 1.807) is 19.1 Å². The molecule has 6 heteroatoms. The molecule has 0 bridgehead atoms. The molecule has 1 rings (SSSR count). The monoisotopic (exact) mass is 302 g/mol. The number of rotatable bonds is 5. The molecular formula is C13H19ClN2O2S. The summed E-state index contributed by atoms with van der Waals surface area (Å²) in [6.07, 6.45) is 1.56. The van der Waals surface area contributed by atoms with Gasteiger partial charge < -0.3 is 5.73 Å². The van der Waals surface area contributed by atoms with Gasteiger partial charge in [0.2, 0.25) is 10.0 Å². The Morgan fingerprint density at radius 2 is 2.05 bits per heavy atom. The Hall–Kier alpha value is -1.04. The Morgan fingerprint density at radius 1 is 1.47 bits per heavy atom. The Kier molecular flexibility index (Phi) is 5.01. The summed E-state index contributed by atoms with van der Waals surface area (Å²) >= 11 is 5.91. The molecule has 2 N–H and O–H groups in total. The summed E-state index contributed by atoms with van der Waals surface area (Å²) in [5.41, 5.74) is 6.66. The lowest BCUT2D eigenvalue weighted by molar-refractivity contribution is 0.382. The third-order valence-corrected chi connectivity index (χ3v) is 5.22. The van der Waals surface area contributed by atoms with Gasteiger partial charge in [-0.05, 0) is 38.5 Å². The smallest absolute Gasteiger partial charge is 0.243 e. The van der Waals surface area contributed by atoms with Crippen LogP contribution in [0.5, 0.6) is 0 Å². The summed E-state index contributed by atoms with van der Waals surface area (Å²) in [5.74, 6) is 0. The lowest BCUT2D eigenvalue weighted by Gasteiger charge is -2.25. The molecule has 0 saturated carbocycles. The molecule has 0 saturated heterocycles. The summed E-state index contributed by atoms with van der Waals surface area (Å²) in [4.78, 5) is 0.146. The number of nitrogens with two attached hydrogens (primary N) is 1. The van der Waals surface area contributed by atoms with Gasteiger partial charge in [-0.2, -0.15) is 4.31 Å². The third kappa shape index (κ3) is 3.29. The molecule has 0 heterocycles. The van der Waals surface area contributed by atoms with Crippen molar-refractivity contribution in [2.24, 2.45) is 0 Å². The Balaban J connectivity index is 3.45. The van der Waals surface area contributed by atoms with Crippen molar-refractivity contribution in [3.8, 4) is 0 Å². The van der Waals surface area contributed by atoms with E-state index in [0.29, 0.717) is 16.3 Å². The molecule has 0 spiro atoms. The molecule has 106 valence electrons. The molecule has 0 aliphatic heterocycles. The van der Waals surface area contributed by atoms with Gasteiger partial charge in [0.15, 0.2) is 0 Å². The summed E-state index contributed by atoms with van der Waals surface area (Å²) in [6.45, 7) is 9.12. The molecule has 0 unspecified atom stereocenters. The number of anilines is 1. The first-order chi connectivity index (χ1) is 8.71. The van der Waals surface area contributed by atoms with Gasteiger partial charge in [-0.25, -0.2) is 8.42 Å². The van der Waals surface area contributed by atoms with Gasteiger partial charge in [0.05, 0.1) is 4.90 Å². The van der Waals surface area contributed by atoms with Crippen LogP contribution in [0.3, 0.4) is 0 Å². The molecule has 0 aliphatic rings. The maximum atomic E-state index is 12.7. The van der Waals surface area contributed by atoms with Crippen LogP contribution in [-0.4, -0.2) is 25.3 Å². The van der Waals surface area contributed by atoms with Crippen LogP contribution >= 0.6 is 11.6 Å². The van der Waals surface area contributed by atoms with Crippen molar-refractivity contribution in [3.05, 3.63) is 35.4 Å². The lowest BCUT2D eigenvalue weighted by atomic mass is 10.2. The summed E-state index contributed by atoms with van der Waals surface area (Å²) in [5, 5.41) is 0.309. The molecule has 0 aromatic heterocycles. The number of hydrogen-bond donors (Lipinski definition) is 1. The molecule has 0 aliphatic carbocycles. The molecule has 0 amide bonds. The van der Waals surface area contributed by atoms with Crippen LogP contribution in [0.4, 0.5) is 5.69 Å². The van der Waals surface area contributed by atoms with E-state index in [1.807, 2.05) is 13.8 Å². The van der Waals surface area contributed by atoms with Crippen molar-refractivity contribution in [3.63, 3.8) is 0 Å². The number of sulfonamides is 1. The van der Waals surface area contributed by atoms with Crippen LogP contribution in [0.1, 0.15) is 19.4 Å². The minimum Gasteiger partial charge on any atom is -0.398 e. The van der Waals surface area contributed by atoms with Crippen molar-refractivity contribution >= 4 is 27.3 Å². The average Bonchev–Trinajstić information content (AvgIpc) is 2.29. The zero-order chi connectivity index (χ0) is 14.8. The summed E-state index contributed by atoms with van der Waals surface area (Å²) in [7, 11) is -3.64. The fourth-order valence-corrected chi connectivity index (χ4v) is 3.96. The normalized spacial score (nSPS) is 12.1. The first kappa shape index (κ1) is 16.0. The minimum atomic E-state index is -3.64. The highest BCUT2D eigenvalue weighted by atomic mass is 35.5. The largest absolute Gasteiger partial charge is 0.398 e. The van der Waals surface area contributed by atoms with Gasteiger partial charge in [0, 0.05) is 23.3 Å². The van der Waals surface area contributed by atoms with Gasteiger partial charge in [-0.3, -0.25) is 0 Å². The Bertz CT molecular complexity index is 583. The van der Waals surface area contributed by atoms with Crippen LogP contribution < -0.4 is 5.73 Å². The highest BCUT2D eigenvalue weighted by Crippen LogP contribution is 2.29. The van der Waals surface area contributed by atoms with Crippen LogP contribution in [-0.2, 0) is 10.0 Å². The van der Waals surface area contributed by atoms with Gasteiger partial charge in [0.1, 0.15) is 0 Å². The lowest BCUT2D eigenvalue weighted by Crippen LogP contribution is -2.37. The van der Waals surface area contributed by atoms with E-state index in [4.69, 9.17) is 17.3 Å². The average molecular weight is 303 g/mol. The van der Waals surface area contributed by atoms with Gasteiger partial charge in [-0.1, -0.05) is 17.7 Å². The van der Waals surface area contributed by atoms with E-state index in [9.17, 15) is 8.42 Å². The topological polar surface area (TPSA) is 63.4 Å². The summed E-state index contributed by atoms with van der Waals surface area (Å²) in [6, 6.07) is 2.80. The standard InChI is InChI=1S/C13H19ClN2O2S/c1-5-6-16(9(2)3)19(17,18)13-8-11(14)7-12(15)10(13)4/h5,7-9H,1,6,15H2,2-4H3. The fourth-order valence-electron chi connectivity index (χ4n) is 1.78. The van der Waals surface area contributed by atoms with Gasteiger partial charge >= 0.3 is 0 Å². The number of benzene rings is 1. The Morgan fingerprint density at radius 3 is 2.53 bits per heavy atom. The predicted molar refractivity (Wildman–Crippen MR) is 79.8 cm³/mol.